The van der Waals surface area contributed by atoms with E-state index in [1.807, 2.05) is 11.3 Å². The van der Waals surface area contributed by atoms with Crippen LogP contribution in [-0.4, -0.2) is 31.3 Å². The lowest BCUT2D eigenvalue weighted by atomic mass is 10.4. The van der Waals surface area contributed by atoms with E-state index in [0.29, 0.717) is 0 Å². The van der Waals surface area contributed by atoms with Crippen molar-refractivity contribution in [2.24, 2.45) is 0 Å². The van der Waals surface area contributed by atoms with Crippen LogP contribution in [0.15, 0.2) is 12.1 Å². The van der Waals surface area contributed by atoms with Crippen LogP contribution in [0.1, 0.15) is 9.75 Å². The third-order valence-corrected chi connectivity index (χ3v) is 3.07. The molecular weight excluding hydrogens is 196 g/mol. The molecule has 0 atom stereocenters. The third kappa shape index (κ3) is 4.72. The number of nitrogens with two attached hydrogens (primary N) is 2. The summed E-state index contributed by atoms with van der Waals surface area (Å²) < 4.78 is 0. The largest absolute Gasteiger partial charge is 0.391 e. The van der Waals surface area contributed by atoms with Crippen LogP contribution < -0.4 is 10.6 Å². The van der Waals surface area contributed by atoms with Crippen LogP contribution in [0.3, 0.4) is 0 Å². The summed E-state index contributed by atoms with van der Waals surface area (Å²) in [7, 11) is 0. The maximum Gasteiger partial charge on any atom is 0.126 e. The van der Waals surface area contributed by atoms with Crippen LogP contribution in [0.4, 0.5) is 0 Å². The van der Waals surface area contributed by atoms with Gasteiger partial charge in [0.1, 0.15) is 19.6 Å². The Hall–Kier alpha value is -0.420. The predicted octanol–water partition coefficient (Wildman–Crippen LogP) is -1.32. The van der Waals surface area contributed by atoms with E-state index in [1.165, 1.54) is 9.75 Å². The van der Waals surface area contributed by atoms with Gasteiger partial charge in [0.2, 0.25) is 0 Å². The Morgan fingerprint density at radius 3 is 2.64 bits per heavy atom. The van der Waals surface area contributed by atoms with E-state index in [2.05, 4.69) is 29.7 Å². The first kappa shape index (κ1) is 11.7. The van der Waals surface area contributed by atoms with Gasteiger partial charge in [-0.25, -0.2) is 0 Å². The van der Waals surface area contributed by atoms with Gasteiger partial charge in [-0.05, 0) is 19.1 Å². The van der Waals surface area contributed by atoms with Crippen molar-refractivity contribution in [3.05, 3.63) is 21.9 Å². The highest BCUT2D eigenvalue weighted by Gasteiger charge is 1.98. The number of aliphatic hydroxyl groups excluding tert-OH is 1. The molecule has 1 heterocycles. The lowest BCUT2D eigenvalue weighted by molar-refractivity contribution is -0.731. The van der Waals surface area contributed by atoms with Crippen molar-refractivity contribution in [1.29, 1.82) is 0 Å². The average Bonchev–Trinajstić information content (AvgIpc) is 2.58. The molecule has 1 aromatic heterocycles. The fourth-order valence-electron chi connectivity index (χ4n) is 1.31. The molecule has 0 aliphatic rings. The Kier molecular flexibility index (Phi) is 5.78. The maximum absolute atomic E-state index is 8.56. The van der Waals surface area contributed by atoms with Crippen LogP contribution in [0.2, 0.25) is 0 Å². The molecule has 4 heteroatoms. The SMILES string of the molecule is Cc1ccc(C[NH2+]CC[NH2+]CCO)s1. The van der Waals surface area contributed by atoms with Crippen molar-refractivity contribution in [3.63, 3.8) is 0 Å². The molecule has 3 nitrogen and oxygen atoms in total. The lowest BCUT2D eigenvalue weighted by Gasteiger charge is -1.99. The van der Waals surface area contributed by atoms with Gasteiger partial charge < -0.3 is 15.7 Å². The summed E-state index contributed by atoms with van der Waals surface area (Å²) in [6.07, 6.45) is 0. The number of aliphatic hydroxyl groups is 1. The molecule has 0 amide bonds. The molecule has 0 aromatic carbocycles. The first-order chi connectivity index (χ1) is 6.83. The summed E-state index contributed by atoms with van der Waals surface area (Å²) in [6.45, 7) is 6.55. The summed E-state index contributed by atoms with van der Waals surface area (Å²) >= 11 is 1.87. The average molecular weight is 216 g/mol. The monoisotopic (exact) mass is 216 g/mol. The van der Waals surface area contributed by atoms with E-state index in [0.717, 1.165) is 26.2 Å². The standard InChI is InChI=1S/C10H18N2OS/c1-9-2-3-10(14-9)8-12-5-4-11-6-7-13/h2-3,11-13H,4-8H2,1H3/p+2. The minimum Gasteiger partial charge on any atom is -0.391 e. The predicted molar refractivity (Wildman–Crippen MR) is 58.3 cm³/mol. The Balaban J connectivity index is 1.99. The molecule has 0 spiro atoms. The quantitative estimate of drug-likeness (QED) is 0.486. The van der Waals surface area contributed by atoms with Crippen molar-refractivity contribution in [3.8, 4) is 0 Å². The first-order valence-electron chi connectivity index (χ1n) is 5.12. The van der Waals surface area contributed by atoms with Gasteiger partial charge in [-0.1, -0.05) is 0 Å². The van der Waals surface area contributed by atoms with Crippen molar-refractivity contribution >= 4 is 11.3 Å². The molecule has 0 saturated carbocycles. The van der Waals surface area contributed by atoms with E-state index >= 15 is 0 Å². The Morgan fingerprint density at radius 1 is 1.21 bits per heavy atom. The molecule has 0 unspecified atom stereocenters. The molecular formula is C10H20N2OS+2. The van der Waals surface area contributed by atoms with Crippen molar-refractivity contribution in [1.82, 2.24) is 0 Å². The van der Waals surface area contributed by atoms with Crippen LogP contribution in [0, 0.1) is 6.92 Å². The zero-order valence-electron chi connectivity index (χ0n) is 8.70. The summed E-state index contributed by atoms with van der Waals surface area (Å²) in [5, 5.41) is 13.0. The topological polar surface area (TPSA) is 53.5 Å². The zero-order chi connectivity index (χ0) is 10.2. The normalized spacial score (nSPS) is 10.7. The second-order valence-corrected chi connectivity index (χ2v) is 4.76. The van der Waals surface area contributed by atoms with Gasteiger partial charge in [-0.3, -0.25) is 0 Å². The van der Waals surface area contributed by atoms with Crippen LogP contribution >= 0.6 is 11.3 Å². The molecule has 80 valence electrons. The molecule has 0 radical (unpaired) electrons. The first-order valence-corrected chi connectivity index (χ1v) is 5.94. The molecule has 5 N–H and O–H groups in total. The molecule has 0 aliphatic carbocycles. The summed E-state index contributed by atoms with van der Waals surface area (Å²) in [5.74, 6) is 0. The van der Waals surface area contributed by atoms with Gasteiger partial charge in [-0.15, -0.1) is 11.3 Å². The van der Waals surface area contributed by atoms with Crippen molar-refractivity contribution in [2.45, 2.75) is 13.5 Å². The van der Waals surface area contributed by atoms with E-state index in [9.17, 15) is 0 Å². The number of thiophene rings is 1. The molecule has 0 aliphatic heterocycles. The molecule has 1 aromatic rings. The number of rotatable bonds is 7. The molecule has 1 rings (SSSR count). The Bertz CT molecular complexity index is 250. The van der Waals surface area contributed by atoms with Gasteiger partial charge in [-0.2, -0.15) is 0 Å². The van der Waals surface area contributed by atoms with Gasteiger partial charge in [0, 0.05) is 4.88 Å². The Morgan fingerprint density at radius 2 is 2.00 bits per heavy atom. The maximum atomic E-state index is 8.56. The highest BCUT2D eigenvalue weighted by molar-refractivity contribution is 7.11. The summed E-state index contributed by atoms with van der Waals surface area (Å²) in [4.78, 5) is 2.84. The van der Waals surface area contributed by atoms with Crippen LogP contribution in [-0.2, 0) is 6.54 Å². The van der Waals surface area contributed by atoms with E-state index < -0.39 is 0 Å². The van der Waals surface area contributed by atoms with E-state index in [-0.39, 0.29) is 6.61 Å². The fraction of sp³-hybridized carbons (Fsp3) is 0.600. The molecule has 0 saturated heterocycles. The summed E-state index contributed by atoms with van der Waals surface area (Å²) in [5.41, 5.74) is 0. The highest BCUT2D eigenvalue weighted by Crippen LogP contribution is 2.12. The summed E-state index contributed by atoms with van der Waals surface area (Å²) in [6, 6.07) is 4.37. The van der Waals surface area contributed by atoms with Gasteiger partial charge in [0.25, 0.3) is 0 Å². The third-order valence-electron chi connectivity index (χ3n) is 2.05. The number of aryl methyl sites for hydroxylation is 1. The van der Waals surface area contributed by atoms with Crippen molar-refractivity contribution < 1.29 is 15.7 Å². The van der Waals surface area contributed by atoms with Crippen LogP contribution in [0.5, 0.6) is 0 Å². The van der Waals surface area contributed by atoms with E-state index in [1.54, 1.807) is 0 Å². The van der Waals surface area contributed by atoms with Gasteiger partial charge in [0.05, 0.1) is 18.0 Å². The smallest absolute Gasteiger partial charge is 0.126 e. The number of quaternary nitrogens is 2. The molecule has 0 bridgehead atoms. The fourth-order valence-corrected chi connectivity index (χ4v) is 2.20. The van der Waals surface area contributed by atoms with Gasteiger partial charge >= 0.3 is 0 Å². The van der Waals surface area contributed by atoms with E-state index in [4.69, 9.17) is 5.11 Å². The number of hydrogen-bond donors (Lipinski definition) is 3. The Labute approximate surface area is 89.2 Å². The minimum absolute atomic E-state index is 0.282. The van der Waals surface area contributed by atoms with Crippen molar-refractivity contribution in [2.75, 3.05) is 26.2 Å². The zero-order valence-corrected chi connectivity index (χ0v) is 9.52. The lowest BCUT2D eigenvalue weighted by Crippen LogP contribution is -2.94. The second-order valence-electron chi connectivity index (χ2n) is 3.38. The van der Waals surface area contributed by atoms with Crippen LogP contribution in [0.25, 0.3) is 0 Å². The minimum atomic E-state index is 0.282. The molecule has 14 heavy (non-hydrogen) atoms. The van der Waals surface area contributed by atoms with Gasteiger partial charge in [0.15, 0.2) is 0 Å². The highest BCUT2D eigenvalue weighted by atomic mass is 32.1. The number of hydrogen-bond acceptors (Lipinski definition) is 2. The second kappa shape index (κ2) is 6.95. The molecule has 0 fully saturated rings.